The molecule has 0 saturated carbocycles. The minimum absolute atomic E-state index is 0. The third-order valence-corrected chi connectivity index (χ3v) is 9.48. The van der Waals surface area contributed by atoms with Gasteiger partial charge in [-0.1, -0.05) is 18.2 Å². The largest absolute Gasteiger partial charge is 0.365 e. The van der Waals surface area contributed by atoms with E-state index in [1.807, 2.05) is 19.9 Å². The first-order valence-corrected chi connectivity index (χ1v) is 13.7. The average Bonchev–Trinajstić information content (AvgIpc) is 3.16. The molecule has 3 aromatic rings. The summed E-state index contributed by atoms with van der Waals surface area (Å²) in [5, 5.41) is 6.80. The highest BCUT2D eigenvalue weighted by atomic mass is 35.5. The molecule has 4 rings (SSSR count). The van der Waals surface area contributed by atoms with Crippen molar-refractivity contribution in [2.75, 3.05) is 16.7 Å². The second kappa shape index (κ2) is 10.1. The summed E-state index contributed by atoms with van der Waals surface area (Å²) in [5.41, 5.74) is 7.05. The monoisotopic (exact) mass is 562 g/mol. The molecule has 0 bridgehead atoms. The number of rotatable bonds is 6. The van der Waals surface area contributed by atoms with Gasteiger partial charge in [-0.3, -0.25) is 13.9 Å². The van der Waals surface area contributed by atoms with Crippen LogP contribution in [-0.2, 0) is 22.0 Å². The maximum absolute atomic E-state index is 13.1. The molecule has 4 N–H and O–H groups in total. The highest BCUT2D eigenvalue weighted by Gasteiger charge is 2.41. The molecule has 0 spiro atoms. The summed E-state index contributed by atoms with van der Waals surface area (Å²) in [5.74, 6) is -1.05. The highest BCUT2D eigenvalue weighted by Crippen LogP contribution is 2.45. The zero-order valence-corrected chi connectivity index (χ0v) is 23.7. The molecular weight excluding hydrogens is 532 g/mol. The molecule has 2 aromatic carbocycles. The number of carbonyl (C=O) groups excluding carboxylic acids is 2. The number of para-hydroxylation sites is 1. The third kappa shape index (κ3) is 5.52. The van der Waals surface area contributed by atoms with E-state index in [0.717, 1.165) is 10.4 Å². The van der Waals surface area contributed by atoms with Gasteiger partial charge in [-0.2, -0.15) is 0 Å². The molecule has 1 aromatic heterocycles. The summed E-state index contributed by atoms with van der Waals surface area (Å²) >= 11 is 1.33. The lowest BCUT2D eigenvalue weighted by Crippen LogP contribution is -2.55. The Hall–Kier alpha value is -2.92. The van der Waals surface area contributed by atoms with Crippen LogP contribution in [0.4, 0.5) is 10.7 Å². The number of nitrogens with two attached hydrogens (primary N) is 1. The fourth-order valence-corrected chi connectivity index (χ4v) is 7.24. The van der Waals surface area contributed by atoms with Crippen LogP contribution in [-0.4, -0.2) is 32.8 Å². The van der Waals surface area contributed by atoms with Crippen molar-refractivity contribution < 1.29 is 18.0 Å². The van der Waals surface area contributed by atoms with Gasteiger partial charge in [0.1, 0.15) is 5.00 Å². The number of carbonyl (C=O) groups is 2. The number of hydrogen-bond acceptors (Lipinski definition) is 6. The van der Waals surface area contributed by atoms with Crippen LogP contribution in [0.25, 0.3) is 0 Å². The Labute approximate surface area is 227 Å². The van der Waals surface area contributed by atoms with Crippen LogP contribution >= 0.6 is 23.7 Å². The second-order valence-corrected chi connectivity index (χ2v) is 13.1. The molecule has 8 nitrogen and oxygen atoms in total. The average molecular weight is 563 g/mol. The lowest BCUT2D eigenvalue weighted by molar-refractivity contribution is 0.0999. The van der Waals surface area contributed by atoms with Crippen LogP contribution < -0.4 is 20.7 Å². The minimum Gasteiger partial charge on any atom is -0.365 e. The Morgan fingerprint density at radius 3 is 2.19 bits per heavy atom. The topological polar surface area (TPSA) is 122 Å². The number of sulfonamides is 1. The molecule has 0 saturated heterocycles. The van der Waals surface area contributed by atoms with Gasteiger partial charge in [-0.05, 0) is 76.1 Å². The van der Waals surface area contributed by atoms with Crippen molar-refractivity contribution in [3.05, 3.63) is 76.2 Å². The van der Waals surface area contributed by atoms with E-state index in [0.29, 0.717) is 22.7 Å². The maximum atomic E-state index is 13.1. The summed E-state index contributed by atoms with van der Waals surface area (Å²) in [4.78, 5) is 26.5. The Morgan fingerprint density at radius 2 is 1.62 bits per heavy atom. The number of benzene rings is 2. The molecule has 0 atom stereocenters. The summed E-state index contributed by atoms with van der Waals surface area (Å²) < 4.78 is 27.2. The molecule has 2 heterocycles. The van der Waals surface area contributed by atoms with Gasteiger partial charge in [-0.25, -0.2) is 8.42 Å². The van der Waals surface area contributed by atoms with Crippen LogP contribution in [0.1, 0.15) is 58.9 Å². The van der Waals surface area contributed by atoms with E-state index in [1.165, 1.54) is 47.0 Å². The second-order valence-electron chi connectivity index (χ2n) is 10.1. The lowest BCUT2D eigenvalue weighted by Gasteiger charge is -2.42. The molecule has 2 amide bonds. The van der Waals surface area contributed by atoms with Crippen LogP contribution in [0, 0.1) is 0 Å². The minimum atomic E-state index is -3.80. The Kier molecular flexibility index (Phi) is 7.81. The molecule has 0 radical (unpaired) electrons. The molecular formula is C26H31ClN4O4S2. The number of amides is 2. The summed E-state index contributed by atoms with van der Waals surface area (Å²) in [6, 6.07) is 14.4. The SMILES string of the molecule is CN(c1ccccc1)S(=O)(=O)c1ccc(C(=O)Nc2sc3c(c2C(N)=O)CC(C)(C)NC3(C)C)cc1.Cl. The summed E-state index contributed by atoms with van der Waals surface area (Å²) in [6.45, 7) is 8.18. The van der Waals surface area contributed by atoms with E-state index in [-0.39, 0.29) is 28.4 Å². The predicted octanol–water partition coefficient (Wildman–Crippen LogP) is 4.51. The van der Waals surface area contributed by atoms with Crippen molar-refractivity contribution >= 4 is 56.3 Å². The van der Waals surface area contributed by atoms with Gasteiger partial charge in [-0.15, -0.1) is 23.7 Å². The first-order valence-electron chi connectivity index (χ1n) is 11.4. The molecule has 37 heavy (non-hydrogen) atoms. The Balaban J connectivity index is 0.00000380. The zero-order valence-electron chi connectivity index (χ0n) is 21.3. The summed E-state index contributed by atoms with van der Waals surface area (Å²) in [7, 11) is -2.32. The molecule has 1 aliphatic rings. The standard InChI is InChI=1S/C26H30N4O4S2.ClH/c1-25(2)15-19-20(22(27)31)24(35-21(19)26(3,4)29-25)28-23(32)16-11-13-18(14-12-16)36(33,34)30(5)17-9-7-6-8-10-17;/h6-14,29H,15H2,1-5H3,(H2,27,31)(H,28,32);1H. The number of nitrogens with one attached hydrogen (secondary N) is 2. The maximum Gasteiger partial charge on any atom is 0.264 e. The van der Waals surface area contributed by atoms with E-state index in [4.69, 9.17) is 5.73 Å². The van der Waals surface area contributed by atoms with Crippen molar-refractivity contribution in [2.24, 2.45) is 5.73 Å². The molecule has 0 unspecified atom stereocenters. The smallest absolute Gasteiger partial charge is 0.264 e. The lowest BCUT2D eigenvalue weighted by atomic mass is 9.81. The first kappa shape index (κ1) is 28.6. The van der Waals surface area contributed by atoms with E-state index in [1.54, 1.807) is 24.3 Å². The molecule has 198 valence electrons. The highest BCUT2D eigenvalue weighted by molar-refractivity contribution is 7.92. The molecule has 1 aliphatic heterocycles. The van der Waals surface area contributed by atoms with Gasteiger partial charge in [0.05, 0.1) is 16.1 Å². The Morgan fingerprint density at radius 1 is 1.03 bits per heavy atom. The van der Waals surface area contributed by atoms with E-state index in [9.17, 15) is 18.0 Å². The van der Waals surface area contributed by atoms with Crippen molar-refractivity contribution in [3.63, 3.8) is 0 Å². The number of thiophene rings is 1. The van der Waals surface area contributed by atoms with Gasteiger partial charge in [0, 0.05) is 28.6 Å². The summed E-state index contributed by atoms with van der Waals surface area (Å²) in [6.07, 6.45) is 0.595. The predicted molar refractivity (Wildman–Crippen MR) is 150 cm³/mol. The van der Waals surface area contributed by atoms with Crippen molar-refractivity contribution in [2.45, 2.75) is 50.1 Å². The van der Waals surface area contributed by atoms with Crippen LogP contribution in [0.3, 0.4) is 0 Å². The third-order valence-electron chi connectivity index (χ3n) is 6.21. The van der Waals surface area contributed by atoms with E-state index < -0.39 is 27.4 Å². The number of halogens is 1. The quantitative estimate of drug-likeness (QED) is 0.408. The van der Waals surface area contributed by atoms with Crippen molar-refractivity contribution in [1.82, 2.24) is 5.32 Å². The molecule has 0 aliphatic carbocycles. The van der Waals surface area contributed by atoms with Gasteiger partial charge >= 0.3 is 0 Å². The van der Waals surface area contributed by atoms with Gasteiger partial charge < -0.3 is 16.4 Å². The van der Waals surface area contributed by atoms with E-state index in [2.05, 4.69) is 24.5 Å². The zero-order chi connectivity index (χ0) is 26.5. The van der Waals surface area contributed by atoms with Crippen LogP contribution in [0.2, 0.25) is 0 Å². The number of nitrogens with zero attached hydrogens (tertiary/aromatic N) is 1. The number of fused-ring (bicyclic) bond motifs is 1. The van der Waals surface area contributed by atoms with Gasteiger partial charge in [0.15, 0.2) is 0 Å². The fourth-order valence-electron chi connectivity index (χ4n) is 4.76. The first-order chi connectivity index (χ1) is 16.7. The van der Waals surface area contributed by atoms with Crippen molar-refractivity contribution in [1.29, 1.82) is 0 Å². The van der Waals surface area contributed by atoms with Crippen molar-refractivity contribution in [3.8, 4) is 0 Å². The molecule has 11 heteroatoms. The number of primary amides is 1. The van der Waals surface area contributed by atoms with Gasteiger partial charge in [0.2, 0.25) is 0 Å². The fraction of sp³-hybridized carbons (Fsp3) is 0.308. The number of anilines is 2. The molecule has 0 fully saturated rings. The Bertz CT molecular complexity index is 1430. The number of hydrogen-bond donors (Lipinski definition) is 3. The normalized spacial score (nSPS) is 15.7. The van der Waals surface area contributed by atoms with Gasteiger partial charge in [0.25, 0.3) is 21.8 Å². The van der Waals surface area contributed by atoms with Crippen LogP contribution in [0.15, 0.2) is 59.5 Å². The van der Waals surface area contributed by atoms with E-state index >= 15 is 0 Å². The van der Waals surface area contributed by atoms with Crippen LogP contribution in [0.5, 0.6) is 0 Å².